The molecule has 2 aliphatic rings. The van der Waals surface area contributed by atoms with E-state index in [1.165, 1.54) is 12.8 Å². The van der Waals surface area contributed by atoms with Crippen molar-refractivity contribution >= 4 is 6.03 Å². The maximum Gasteiger partial charge on any atom is 0.317 e. The van der Waals surface area contributed by atoms with Crippen molar-refractivity contribution < 1.29 is 9.90 Å². The van der Waals surface area contributed by atoms with Crippen molar-refractivity contribution in [2.45, 2.75) is 71.4 Å². The lowest BCUT2D eigenvalue weighted by Gasteiger charge is -2.36. The Bertz CT molecular complexity index is 328. The van der Waals surface area contributed by atoms with Crippen LogP contribution in [0.2, 0.25) is 0 Å². The van der Waals surface area contributed by atoms with E-state index in [1.54, 1.807) is 0 Å². The van der Waals surface area contributed by atoms with Crippen molar-refractivity contribution in [2.24, 2.45) is 17.8 Å². The molecule has 122 valence electrons. The topological polar surface area (TPSA) is 52.6 Å². The van der Waals surface area contributed by atoms with Gasteiger partial charge in [0.1, 0.15) is 0 Å². The summed E-state index contributed by atoms with van der Waals surface area (Å²) in [5, 5.41) is 12.8. The van der Waals surface area contributed by atoms with E-state index in [0.717, 1.165) is 50.6 Å². The Hall–Kier alpha value is -0.770. The number of nitrogens with zero attached hydrogens (tertiary/aromatic N) is 1. The Balaban J connectivity index is 1.71. The van der Waals surface area contributed by atoms with Crippen molar-refractivity contribution in [3.05, 3.63) is 0 Å². The molecule has 1 saturated heterocycles. The van der Waals surface area contributed by atoms with Gasteiger partial charge in [0.05, 0.1) is 6.10 Å². The highest BCUT2D eigenvalue weighted by molar-refractivity contribution is 5.74. The van der Waals surface area contributed by atoms with Gasteiger partial charge in [-0.2, -0.15) is 0 Å². The monoisotopic (exact) mass is 296 g/mol. The van der Waals surface area contributed by atoms with Gasteiger partial charge in [-0.25, -0.2) is 4.79 Å². The molecule has 2 N–H and O–H groups in total. The molecule has 1 aliphatic heterocycles. The Morgan fingerprint density at radius 1 is 1.00 bits per heavy atom. The number of aliphatic hydroxyl groups excluding tert-OH is 1. The number of likely N-dealkylation sites (tertiary alicyclic amines) is 1. The van der Waals surface area contributed by atoms with E-state index in [4.69, 9.17) is 0 Å². The molecule has 0 bridgehead atoms. The van der Waals surface area contributed by atoms with Gasteiger partial charge in [-0.05, 0) is 63.2 Å². The maximum atomic E-state index is 12.3. The highest BCUT2D eigenvalue weighted by Gasteiger charge is 2.28. The van der Waals surface area contributed by atoms with Crippen LogP contribution < -0.4 is 5.32 Å². The second-order valence-corrected chi connectivity index (χ2v) is 7.37. The fourth-order valence-electron chi connectivity index (χ4n) is 3.78. The second kappa shape index (κ2) is 7.48. The highest BCUT2D eigenvalue weighted by atomic mass is 16.3. The van der Waals surface area contributed by atoms with Crippen LogP contribution >= 0.6 is 0 Å². The predicted molar refractivity (Wildman–Crippen MR) is 85.1 cm³/mol. The average molecular weight is 296 g/mol. The largest absolute Gasteiger partial charge is 0.393 e. The van der Waals surface area contributed by atoms with Gasteiger partial charge in [0.25, 0.3) is 0 Å². The Morgan fingerprint density at radius 3 is 2.05 bits per heavy atom. The van der Waals surface area contributed by atoms with E-state index in [0.29, 0.717) is 12.0 Å². The molecule has 0 aromatic heterocycles. The first-order valence-electron chi connectivity index (χ1n) is 8.71. The van der Waals surface area contributed by atoms with Crippen molar-refractivity contribution in [2.75, 3.05) is 13.1 Å². The third kappa shape index (κ3) is 4.60. The Kier molecular flexibility index (Phi) is 5.91. The number of rotatable bonds is 3. The molecule has 2 amide bonds. The molecule has 1 saturated carbocycles. The summed E-state index contributed by atoms with van der Waals surface area (Å²) in [7, 11) is 0. The van der Waals surface area contributed by atoms with Crippen molar-refractivity contribution in [3.8, 4) is 0 Å². The molecule has 0 aromatic rings. The molecule has 1 aliphatic carbocycles. The molecule has 2 fully saturated rings. The summed E-state index contributed by atoms with van der Waals surface area (Å²) in [4.78, 5) is 14.2. The highest BCUT2D eigenvalue weighted by Crippen LogP contribution is 2.30. The van der Waals surface area contributed by atoms with Gasteiger partial charge >= 0.3 is 6.03 Å². The minimum atomic E-state index is -0.249. The number of carbonyl (C=O) groups excluding carboxylic acids is 1. The van der Waals surface area contributed by atoms with Crippen LogP contribution in [-0.4, -0.2) is 41.3 Å². The lowest BCUT2D eigenvalue weighted by Crippen LogP contribution is -2.49. The summed E-state index contributed by atoms with van der Waals surface area (Å²) in [5.74, 6) is 1.96. The van der Waals surface area contributed by atoms with Gasteiger partial charge in [0.15, 0.2) is 0 Å². The van der Waals surface area contributed by atoms with Crippen LogP contribution in [0, 0.1) is 17.8 Å². The van der Waals surface area contributed by atoms with Gasteiger partial charge < -0.3 is 15.3 Å². The number of amides is 2. The minimum absolute atomic E-state index is 0.104. The molecule has 1 unspecified atom stereocenters. The number of hydrogen-bond donors (Lipinski definition) is 2. The van der Waals surface area contributed by atoms with Crippen LogP contribution in [0.4, 0.5) is 4.79 Å². The normalized spacial score (nSPS) is 29.5. The Labute approximate surface area is 129 Å². The van der Waals surface area contributed by atoms with Gasteiger partial charge in [0.2, 0.25) is 0 Å². The minimum Gasteiger partial charge on any atom is -0.393 e. The molecular formula is C17H32N2O2. The summed E-state index contributed by atoms with van der Waals surface area (Å²) in [5.41, 5.74) is 0. The molecular weight excluding hydrogens is 264 g/mol. The Morgan fingerprint density at radius 2 is 1.57 bits per heavy atom. The molecule has 0 aromatic carbocycles. The van der Waals surface area contributed by atoms with E-state index in [2.05, 4.69) is 19.2 Å². The maximum absolute atomic E-state index is 12.3. The SMILES string of the molecule is CC(C)C1CCC(NC(=O)N2CCC(C(C)O)CC2)CC1. The van der Waals surface area contributed by atoms with E-state index < -0.39 is 0 Å². The average Bonchev–Trinajstić information content (AvgIpc) is 2.47. The molecule has 4 nitrogen and oxygen atoms in total. The zero-order valence-corrected chi connectivity index (χ0v) is 13.8. The summed E-state index contributed by atoms with van der Waals surface area (Å²) >= 11 is 0. The third-order valence-corrected chi connectivity index (χ3v) is 5.55. The number of hydrogen-bond acceptors (Lipinski definition) is 2. The van der Waals surface area contributed by atoms with Crippen molar-refractivity contribution in [1.82, 2.24) is 10.2 Å². The van der Waals surface area contributed by atoms with Gasteiger partial charge in [-0.3, -0.25) is 0 Å². The molecule has 2 rings (SSSR count). The van der Waals surface area contributed by atoms with E-state index in [9.17, 15) is 9.90 Å². The zero-order chi connectivity index (χ0) is 15.4. The number of carbonyl (C=O) groups is 1. The van der Waals surface area contributed by atoms with Gasteiger partial charge in [-0.15, -0.1) is 0 Å². The first-order chi connectivity index (χ1) is 9.97. The molecule has 0 radical (unpaired) electrons. The van der Waals surface area contributed by atoms with Gasteiger partial charge in [-0.1, -0.05) is 13.8 Å². The van der Waals surface area contributed by atoms with Gasteiger partial charge in [0, 0.05) is 19.1 Å². The van der Waals surface area contributed by atoms with Crippen molar-refractivity contribution in [3.63, 3.8) is 0 Å². The fraction of sp³-hybridized carbons (Fsp3) is 0.941. The van der Waals surface area contributed by atoms with E-state index in [1.807, 2.05) is 11.8 Å². The molecule has 21 heavy (non-hydrogen) atoms. The number of nitrogens with one attached hydrogen (secondary N) is 1. The molecule has 0 spiro atoms. The summed E-state index contributed by atoms with van der Waals surface area (Å²) in [6.45, 7) is 8.02. The van der Waals surface area contributed by atoms with Crippen LogP contribution in [0.25, 0.3) is 0 Å². The fourth-order valence-corrected chi connectivity index (χ4v) is 3.78. The lowest BCUT2D eigenvalue weighted by atomic mass is 9.80. The summed E-state index contributed by atoms with van der Waals surface area (Å²) in [6, 6.07) is 0.467. The van der Waals surface area contributed by atoms with Crippen LogP contribution in [-0.2, 0) is 0 Å². The smallest absolute Gasteiger partial charge is 0.317 e. The zero-order valence-electron chi connectivity index (χ0n) is 13.8. The molecule has 4 heteroatoms. The first kappa shape index (κ1) is 16.6. The van der Waals surface area contributed by atoms with Crippen molar-refractivity contribution in [1.29, 1.82) is 0 Å². The van der Waals surface area contributed by atoms with E-state index >= 15 is 0 Å². The number of urea groups is 1. The summed E-state index contributed by atoms with van der Waals surface area (Å²) in [6.07, 6.45) is 6.33. The quantitative estimate of drug-likeness (QED) is 0.841. The predicted octanol–water partition coefficient (Wildman–Crippen LogP) is 3.00. The number of piperidine rings is 1. The van der Waals surface area contributed by atoms with Crippen LogP contribution in [0.5, 0.6) is 0 Å². The standard InChI is InChI=1S/C17H32N2O2/c1-12(2)14-4-6-16(7-5-14)18-17(21)19-10-8-15(9-11-19)13(3)20/h12-16,20H,4-11H2,1-3H3,(H,18,21). The molecule has 1 atom stereocenters. The van der Waals surface area contributed by atoms with Crippen LogP contribution in [0.15, 0.2) is 0 Å². The summed E-state index contributed by atoms with van der Waals surface area (Å²) < 4.78 is 0. The first-order valence-corrected chi connectivity index (χ1v) is 8.71. The van der Waals surface area contributed by atoms with E-state index in [-0.39, 0.29) is 12.1 Å². The second-order valence-electron chi connectivity index (χ2n) is 7.37. The third-order valence-electron chi connectivity index (χ3n) is 5.55. The molecule has 1 heterocycles. The van der Waals surface area contributed by atoms with Crippen LogP contribution in [0.3, 0.4) is 0 Å². The lowest BCUT2D eigenvalue weighted by molar-refractivity contribution is 0.0787. The van der Waals surface area contributed by atoms with Crippen LogP contribution in [0.1, 0.15) is 59.3 Å². The number of aliphatic hydroxyl groups is 1.